The number of nitrogens with zero attached hydrogens (tertiary/aromatic N) is 2. The van der Waals surface area contributed by atoms with Crippen molar-refractivity contribution in [1.29, 1.82) is 5.26 Å². The molecule has 1 aromatic rings. The van der Waals surface area contributed by atoms with Gasteiger partial charge in [0.1, 0.15) is 0 Å². The first-order valence-corrected chi connectivity index (χ1v) is 5.84. The number of carbonyl (C=O) groups is 1. The van der Waals surface area contributed by atoms with E-state index in [4.69, 9.17) is 5.26 Å². The SMILES string of the molecule is CC.Cc1ccc(C(=O)N(C)CCC#N)cc1. The average Bonchev–Trinajstić information content (AvgIpc) is 2.38. The molecule has 0 aliphatic heterocycles. The molecular formula is C14H20N2O. The van der Waals surface area contributed by atoms with Gasteiger partial charge in [0.15, 0.2) is 0 Å². The summed E-state index contributed by atoms with van der Waals surface area (Å²) in [6, 6.07) is 9.45. The second-order valence-corrected chi connectivity index (χ2v) is 3.50. The van der Waals surface area contributed by atoms with Crippen LogP contribution in [-0.2, 0) is 0 Å². The van der Waals surface area contributed by atoms with E-state index in [1.807, 2.05) is 39.0 Å². The lowest BCUT2D eigenvalue weighted by Crippen LogP contribution is -2.27. The first-order chi connectivity index (χ1) is 8.15. The quantitative estimate of drug-likeness (QED) is 0.804. The molecule has 0 atom stereocenters. The summed E-state index contributed by atoms with van der Waals surface area (Å²) in [7, 11) is 1.71. The Labute approximate surface area is 104 Å². The molecule has 1 aromatic carbocycles. The van der Waals surface area contributed by atoms with Gasteiger partial charge < -0.3 is 4.90 Å². The molecule has 0 unspecified atom stereocenters. The van der Waals surface area contributed by atoms with Gasteiger partial charge in [0.05, 0.1) is 12.5 Å². The third-order valence-corrected chi connectivity index (χ3v) is 2.20. The van der Waals surface area contributed by atoms with Gasteiger partial charge in [0.2, 0.25) is 0 Å². The van der Waals surface area contributed by atoms with Crippen LogP contribution in [0.3, 0.4) is 0 Å². The third kappa shape index (κ3) is 5.17. The Balaban J connectivity index is 0.00000121. The second-order valence-electron chi connectivity index (χ2n) is 3.50. The summed E-state index contributed by atoms with van der Waals surface area (Å²) >= 11 is 0. The van der Waals surface area contributed by atoms with E-state index in [0.29, 0.717) is 18.5 Å². The van der Waals surface area contributed by atoms with Crippen LogP contribution in [0.15, 0.2) is 24.3 Å². The van der Waals surface area contributed by atoms with Crippen molar-refractivity contribution in [2.24, 2.45) is 0 Å². The van der Waals surface area contributed by atoms with E-state index < -0.39 is 0 Å². The highest BCUT2D eigenvalue weighted by Crippen LogP contribution is 2.06. The Kier molecular flexibility index (Phi) is 7.45. The number of amides is 1. The lowest BCUT2D eigenvalue weighted by molar-refractivity contribution is 0.0798. The highest BCUT2D eigenvalue weighted by atomic mass is 16.2. The van der Waals surface area contributed by atoms with Gasteiger partial charge in [-0.1, -0.05) is 31.5 Å². The summed E-state index contributed by atoms with van der Waals surface area (Å²) in [6.45, 7) is 6.46. The number of nitriles is 1. The van der Waals surface area contributed by atoms with Crippen molar-refractivity contribution in [3.8, 4) is 6.07 Å². The van der Waals surface area contributed by atoms with Crippen LogP contribution < -0.4 is 0 Å². The van der Waals surface area contributed by atoms with Gasteiger partial charge in [-0.25, -0.2) is 0 Å². The summed E-state index contributed by atoms with van der Waals surface area (Å²) in [5.41, 5.74) is 1.80. The zero-order valence-electron chi connectivity index (χ0n) is 11.0. The molecule has 1 amide bonds. The summed E-state index contributed by atoms with van der Waals surface area (Å²) in [4.78, 5) is 13.3. The highest BCUT2D eigenvalue weighted by Gasteiger charge is 2.10. The average molecular weight is 232 g/mol. The fraction of sp³-hybridized carbons (Fsp3) is 0.429. The van der Waals surface area contributed by atoms with Crippen LogP contribution in [-0.4, -0.2) is 24.4 Å². The smallest absolute Gasteiger partial charge is 0.253 e. The molecule has 0 bridgehead atoms. The normalized spacial score (nSPS) is 8.65. The summed E-state index contributed by atoms with van der Waals surface area (Å²) in [5.74, 6) is -0.0368. The van der Waals surface area contributed by atoms with E-state index in [9.17, 15) is 4.79 Å². The molecule has 0 aromatic heterocycles. The van der Waals surface area contributed by atoms with Crippen LogP contribution in [0.2, 0.25) is 0 Å². The van der Waals surface area contributed by atoms with Gasteiger partial charge in [-0.15, -0.1) is 0 Å². The maximum absolute atomic E-state index is 11.8. The maximum atomic E-state index is 11.8. The minimum atomic E-state index is -0.0368. The van der Waals surface area contributed by atoms with Crippen molar-refractivity contribution < 1.29 is 4.79 Å². The molecule has 3 heteroatoms. The Bertz CT molecular complexity index is 376. The topological polar surface area (TPSA) is 44.1 Å². The summed E-state index contributed by atoms with van der Waals surface area (Å²) in [6.07, 6.45) is 0.369. The molecule has 17 heavy (non-hydrogen) atoms. The van der Waals surface area contributed by atoms with E-state index in [1.165, 1.54) is 0 Å². The first-order valence-electron chi connectivity index (χ1n) is 5.84. The summed E-state index contributed by atoms with van der Waals surface area (Å²) < 4.78 is 0. The van der Waals surface area contributed by atoms with Gasteiger partial charge in [0.25, 0.3) is 5.91 Å². The molecule has 0 saturated carbocycles. The van der Waals surface area contributed by atoms with Gasteiger partial charge in [-0.2, -0.15) is 5.26 Å². The van der Waals surface area contributed by atoms with Crippen molar-refractivity contribution in [1.82, 2.24) is 4.90 Å². The Morgan fingerprint density at radius 2 is 1.82 bits per heavy atom. The zero-order valence-corrected chi connectivity index (χ0v) is 11.0. The van der Waals surface area contributed by atoms with E-state index in [0.717, 1.165) is 5.56 Å². The molecule has 0 aliphatic carbocycles. The highest BCUT2D eigenvalue weighted by molar-refractivity contribution is 5.94. The molecule has 92 valence electrons. The monoisotopic (exact) mass is 232 g/mol. The lowest BCUT2D eigenvalue weighted by Gasteiger charge is -2.15. The number of carbonyl (C=O) groups excluding carboxylic acids is 1. The number of aryl methyl sites for hydroxylation is 1. The summed E-state index contributed by atoms with van der Waals surface area (Å²) in [5, 5.41) is 8.42. The van der Waals surface area contributed by atoms with Gasteiger partial charge in [0, 0.05) is 19.2 Å². The van der Waals surface area contributed by atoms with E-state index in [-0.39, 0.29) is 5.91 Å². The molecule has 0 saturated heterocycles. The molecule has 0 heterocycles. The molecule has 3 nitrogen and oxygen atoms in total. The van der Waals surface area contributed by atoms with Crippen LogP contribution in [0.25, 0.3) is 0 Å². The minimum Gasteiger partial charge on any atom is -0.341 e. The van der Waals surface area contributed by atoms with E-state index >= 15 is 0 Å². The van der Waals surface area contributed by atoms with Crippen LogP contribution in [0.4, 0.5) is 0 Å². The maximum Gasteiger partial charge on any atom is 0.253 e. The van der Waals surface area contributed by atoms with Crippen LogP contribution in [0, 0.1) is 18.3 Å². The third-order valence-electron chi connectivity index (χ3n) is 2.20. The van der Waals surface area contributed by atoms with Crippen molar-refractivity contribution in [2.45, 2.75) is 27.2 Å². The van der Waals surface area contributed by atoms with Gasteiger partial charge >= 0.3 is 0 Å². The fourth-order valence-electron chi connectivity index (χ4n) is 1.24. The van der Waals surface area contributed by atoms with Crippen molar-refractivity contribution in [3.05, 3.63) is 35.4 Å². The van der Waals surface area contributed by atoms with Crippen molar-refractivity contribution >= 4 is 5.91 Å². The van der Waals surface area contributed by atoms with Crippen LogP contribution in [0.5, 0.6) is 0 Å². The molecule has 0 N–H and O–H groups in total. The molecular weight excluding hydrogens is 212 g/mol. The zero-order chi connectivity index (χ0) is 13.3. The predicted molar refractivity (Wildman–Crippen MR) is 69.7 cm³/mol. The molecule has 0 fully saturated rings. The fourth-order valence-corrected chi connectivity index (χ4v) is 1.24. The van der Waals surface area contributed by atoms with E-state index in [1.54, 1.807) is 24.1 Å². The number of hydrogen-bond acceptors (Lipinski definition) is 2. The Hall–Kier alpha value is -1.82. The molecule has 0 radical (unpaired) electrons. The van der Waals surface area contributed by atoms with Gasteiger partial charge in [-0.3, -0.25) is 4.79 Å². The predicted octanol–water partition coefficient (Wildman–Crippen LogP) is 3.01. The van der Waals surface area contributed by atoms with Crippen molar-refractivity contribution in [3.63, 3.8) is 0 Å². The molecule has 0 aliphatic rings. The number of hydrogen-bond donors (Lipinski definition) is 0. The molecule has 1 rings (SSSR count). The Morgan fingerprint density at radius 1 is 1.29 bits per heavy atom. The van der Waals surface area contributed by atoms with Gasteiger partial charge in [-0.05, 0) is 19.1 Å². The Morgan fingerprint density at radius 3 is 2.29 bits per heavy atom. The van der Waals surface area contributed by atoms with Crippen LogP contribution in [0.1, 0.15) is 36.2 Å². The largest absolute Gasteiger partial charge is 0.341 e. The standard InChI is InChI=1S/C12H14N2O.C2H6/c1-10-4-6-11(7-5-10)12(15)14(2)9-3-8-13;1-2/h4-7H,3,9H2,1-2H3;1-2H3. The van der Waals surface area contributed by atoms with E-state index in [2.05, 4.69) is 0 Å². The molecule has 0 spiro atoms. The van der Waals surface area contributed by atoms with Crippen molar-refractivity contribution in [2.75, 3.05) is 13.6 Å². The van der Waals surface area contributed by atoms with Crippen LogP contribution >= 0.6 is 0 Å². The number of benzene rings is 1. The first kappa shape index (κ1) is 15.2. The minimum absolute atomic E-state index is 0.0368. The second kappa shape index (κ2) is 8.35. The lowest BCUT2D eigenvalue weighted by atomic mass is 10.1. The number of rotatable bonds is 3.